The van der Waals surface area contributed by atoms with Crippen LogP contribution < -0.4 is 16.0 Å². The summed E-state index contributed by atoms with van der Waals surface area (Å²) >= 11 is 4.87. The second kappa shape index (κ2) is 6.23. The molecule has 7 heteroatoms. The first kappa shape index (κ1) is 14.1. The van der Waals surface area contributed by atoms with Gasteiger partial charge in [0.05, 0.1) is 0 Å². The quantitative estimate of drug-likeness (QED) is 0.385. The summed E-state index contributed by atoms with van der Waals surface area (Å²) in [5, 5.41) is 0.597. The number of halogens is 1. The Morgan fingerprint density at radius 1 is 1.32 bits per heavy atom. The molecule has 3 N–H and O–H groups in total. The maximum atomic E-state index is 5.72. The molecule has 100 valence electrons. The van der Waals surface area contributed by atoms with Crippen LogP contribution in [0, 0.1) is 6.92 Å². The average Bonchev–Trinajstić information content (AvgIpc) is 2.42. The van der Waals surface area contributed by atoms with Crippen LogP contribution in [0.25, 0.3) is 0 Å². The lowest BCUT2D eigenvalue weighted by atomic mass is 10.2. The number of hydrazine groups is 1. The van der Waals surface area contributed by atoms with Crippen molar-refractivity contribution in [1.29, 1.82) is 0 Å². The van der Waals surface area contributed by atoms with Gasteiger partial charge in [0.2, 0.25) is 5.88 Å². The first-order valence-corrected chi connectivity index (χ1v) is 7.48. The van der Waals surface area contributed by atoms with Gasteiger partial charge in [0.15, 0.2) is 5.16 Å². The highest BCUT2D eigenvalue weighted by Crippen LogP contribution is 2.27. The fraction of sp³-hybridized carbons (Fsp3) is 0.167. The van der Waals surface area contributed by atoms with E-state index < -0.39 is 0 Å². The molecule has 0 aliphatic rings. The Hall–Kier alpha value is -1.31. The highest BCUT2D eigenvalue weighted by Gasteiger charge is 2.06. The number of nitrogens with two attached hydrogens (primary N) is 1. The number of ether oxygens (including phenoxy) is 1. The maximum Gasteiger partial charge on any atom is 0.225 e. The lowest BCUT2D eigenvalue weighted by Crippen LogP contribution is -2.09. The SMILES string of the molecule is CSc1nc(NN)cc(Oc2ccc(Br)c(C)c2)n1. The molecule has 0 saturated carbocycles. The van der Waals surface area contributed by atoms with E-state index >= 15 is 0 Å². The van der Waals surface area contributed by atoms with Crippen LogP contribution in [0.1, 0.15) is 5.56 Å². The van der Waals surface area contributed by atoms with Crippen molar-refractivity contribution >= 4 is 33.5 Å². The van der Waals surface area contributed by atoms with Crippen molar-refractivity contribution in [1.82, 2.24) is 9.97 Å². The van der Waals surface area contributed by atoms with Crippen molar-refractivity contribution in [3.8, 4) is 11.6 Å². The van der Waals surface area contributed by atoms with Gasteiger partial charge in [-0.25, -0.2) is 10.8 Å². The summed E-state index contributed by atoms with van der Waals surface area (Å²) in [6, 6.07) is 7.38. The largest absolute Gasteiger partial charge is 0.439 e. The standard InChI is InChI=1S/C12H13BrN4OS/c1-7-5-8(3-4-9(7)13)18-11-6-10(17-14)15-12(16-11)19-2/h3-6H,14H2,1-2H3,(H,15,16,17). The van der Waals surface area contributed by atoms with Gasteiger partial charge in [0.25, 0.3) is 0 Å². The van der Waals surface area contributed by atoms with E-state index in [1.54, 1.807) is 6.07 Å². The zero-order valence-corrected chi connectivity index (χ0v) is 12.9. The van der Waals surface area contributed by atoms with Gasteiger partial charge in [-0.1, -0.05) is 27.7 Å². The minimum Gasteiger partial charge on any atom is -0.439 e. The van der Waals surface area contributed by atoms with E-state index in [-0.39, 0.29) is 0 Å². The summed E-state index contributed by atoms with van der Waals surface area (Å²) < 4.78 is 6.76. The second-order valence-corrected chi connectivity index (χ2v) is 5.36. The van der Waals surface area contributed by atoms with Crippen molar-refractivity contribution in [2.24, 2.45) is 5.84 Å². The summed E-state index contributed by atoms with van der Waals surface area (Å²) in [5.74, 6) is 7.06. The van der Waals surface area contributed by atoms with Gasteiger partial charge >= 0.3 is 0 Å². The number of aromatic nitrogens is 2. The number of nitrogen functional groups attached to an aromatic ring is 1. The number of nitrogens with one attached hydrogen (secondary N) is 1. The molecule has 0 unspecified atom stereocenters. The average molecular weight is 341 g/mol. The van der Waals surface area contributed by atoms with Crippen LogP contribution in [-0.2, 0) is 0 Å². The van der Waals surface area contributed by atoms with Crippen molar-refractivity contribution < 1.29 is 4.74 Å². The molecular formula is C12H13BrN4OS. The second-order valence-electron chi connectivity index (χ2n) is 3.74. The topological polar surface area (TPSA) is 73.1 Å². The fourth-order valence-electron chi connectivity index (χ4n) is 1.42. The number of anilines is 1. The predicted octanol–water partition coefficient (Wildman–Crippen LogP) is 3.35. The third-order valence-electron chi connectivity index (χ3n) is 2.36. The summed E-state index contributed by atoms with van der Waals surface area (Å²) in [6.07, 6.45) is 1.89. The van der Waals surface area contributed by atoms with Gasteiger partial charge in [-0.2, -0.15) is 4.98 Å². The van der Waals surface area contributed by atoms with Crippen LogP contribution >= 0.6 is 27.7 Å². The molecule has 2 rings (SSSR count). The van der Waals surface area contributed by atoms with Gasteiger partial charge in [0.1, 0.15) is 11.6 Å². The van der Waals surface area contributed by atoms with E-state index in [0.29, 0.717) is 16.9 Å². The Balaban J connectivity index is 2.29. The molecule has 0 bridgehead atoms. The Morgan fingerprint density at radius 2 is 2.11 bits per heavy atom. The van der Waals surface area contributed by atoms with Crippen LogP contribution in [0.15, 0.2) is 33.9 Å². The molecule has 5 nitrogen and oxygen atoms in total. The molecule has 0 aliphatic heterocycles. The molecule has 19 heavy (non-hydrogen) atoms. The molecule has 0 fully saturated rings. The Morgan fingerprint density at radius 3 is 2.74 bits per heavy atom. The van der Waals surface area contributed by atoms with E-state index in [2.05, 4.69) is 31.3 Å². The molecule has 0 amide bonds. The van der Waals surface area contributed by atoms with Crippen LogP contribution in [0.3, 0.4) is 0 Å². The van der Waals surface area contributed by atoms with Crippen molar-refractivity contribution in [2.45, 2.75) is 12.1 Å². The zero-order valence-electron chi connectivity index (χ0n) is 10.5. The highest BCUT2D eigenvalue weighted by molar-refractivity contribution is 9.10. The number of aryl methyl sites for hydroxylation is 1. The van der Waals surface area contributed by atoms with Crippen LogP contribution in [-0.4, -0.2) is 16.2 Å². The monoisotopic (exact) mass is 340 g/mol. The van der Waals surface area contributed by atoms with E-state index in [1.807, 2.05) is 31.4 Å². The molecular weight excluding hydrogens is 328 g/mol. The molecule has 1 aromatic carbocycles. The van der Waals surface area contributed by atoms with Gasteiger partial charge in [-0.3, -0.25) is 0 Å². The Labute approximate surface area is 124 Å². The normalized spacial score (nSPS) is 10.3. The van der Waals surface area contributed by atoms with Gasteiger partial charge in [0, 0.05) is 10.5 Å². The molecule has 0 saturated heterocycles. The summed E-state index contributed by atoms with van der Waals surface area (Å²) in [6.45, 7) is 2.00. The number of nitrogens with zero attached hydrogens (tertiary/aromatic N) is 2. The fourth-order valence-corrected chi connectivity index (χ4v) is 2.04. The van der Waals surface area contributed by atoms with Gasteiger partial charge in [-0.15, -0.1) is 0 Å². The van der Waals surface area contributed by atoms with Crippen molar-refractivity contribution in [2.75, 3.05) is 11.7 Å². The van der Waals surface area contributed by atoms with Crippen molar-refractivity contribution in [3.05, 3.63) is 34.3 Å². The first-order valence-electron chi connectivity index (χ1n) is 5.46. The van der Waals surface area contributed by atoms with E-state index in [1.165, 1.54) is 11.8 Å². The minimum absolute atomic E-state index is 0.453. The molecule has 1 heterocycles. The number of hydrogen-bond acceptors (Lipinski definition) is 6. The van der Waals surface area contributed by atoms with Crippen LogP contribution in [0.5, 0.6) is 11.6 Å². The molecule has 0 spiro atoms. The third kappa shape index (κ3) is 3.59. The van der Waals surface area contributed by atoms with Gasteiger partial charge in [-0.05, 0) is 36.9 Å². The molecule has 1 aromatic heterocycles. The third-order valence-corrected chi connectivity index (χ3v) is 3.80. The predicted molar refractivity (Wildman–Crippen MR) is 80.6 cm³/mol. The first-order chi connectivity index (χ1) is 9.12. The molecule has 0 atom stereocenters. The minimum atomic E-state index is 0.453. The summed E-state index contributed by atoms with van der Waals surface area (Å²) in [7, 11) is 0. The van der Waals surface area contributed by atoms with E-state index in [4.69, 9.17) is 10.6 Å². The van der Waals surface area contributed by atoms with Crippen LogP contribution in [0.4, 0.5) is 5.82 Å². The lowest BCUT2D eigenvalue weighted by molar-refractivity contribution is 0.455. The zero-order chi connectivity index (χ0) is 13.8. The number of thioether (sulfide) groups is 1. The van der Waals surface area contributed by atoms with Crippen molar-refractivity contribution in [3.63, 3.8) is 0 Å². The summed E-state index contributed by atoms with van der Waals surface area (Å²) in [5.41, 5.74) is 3.59. The maximum absolute atomic E-state index is 5.72. The lowest BCUT2D eigenvalue weighted by Gasteiger charge is -2.09. The Kier molecular flexibility index (Phi) is 4.62. The molecule has 0 radical (unpaired) electrons. The number of hydrogen-bond donors (Lipinski definition) is 2. The smallest absolute Gasteiger partial charge is 0.225 e. The highest BCUT2D eigenvalue weighted by atomic mass is 79.9. The van der Waals surface area contributed by atoms with Gasteiger partial charge < -0.3 is 10.2 Å². The Bertz CT molecular complexity index is 572. The number of benzene rings is 1. The van der Waals surface area contributed by atoms with E-state index in [9.17, 15) is 0 Å². The van der Waals surface area contributed by atoms with E-state index in [0.717, 1.165) is 15.8 Å². The molecule has 0 aliphatic carbocycles. The number of rotatable bonds is 4. The molecule has 2 aromatic rings. The van der Waals surface area contributed by atoms with Crippen LogP contribution in [0.2, 0.25) is 0 Å². The summed E-state index contributed by atoms with van der Waals surface area (Å²) in [4.78, 5) is 8.44.